The Morgan fingerprint density at radius 3 is 1.80 bits per heavy atom. The van der Waals surface area contributed by atoms with Gasteiger partial charge in [0.05, 0.1) is 0 Å². The first-order chi connectivity index (χ1) is 9.05. The molecular weight excluding hydrogens is 302 g/mol. The summed E-state index contributed by atoms with van der Waals surface area (Å²) in [4.78, 5) is 35.8. The number of hydrogen-bond acceptors (Lipinski definition) is 2. The summed E-state index contributed by atoms with van der Waals surface area (Å²) >= 11 is 0. The second kappa shape index (κ2) is 9.14. The van der Waals surface area contributed by atoms with Crippen molar-refractivity contribution in [3.63, 3.8) is 0 Å². The third-order valence-corrected chi connectivity index (χ3v) is 6.87. The van der Waals surface area contributed by atoms with Crippen molar-refractivity contribution in [2.75, 3.05) is 0 Å². The number of unbranched alkanes of at least 4 members (excludes halogenated alkanes) is 5. The molecule has 0 saturated carbocycles. The van der Waals surface area contributed by atoms with E-state index in [1.165, 1.54) is 5.57 Å². The first-order valence-corrected chi connectivity index (χ1v) is 10.1. The molecule has 0 unspecified atom stereocenters. The van der Waals surface area contributed by atoms with Gasteiger partial charge in [-0.2, -0.15) is 0 Å². The van der Waals surface area contributed by atoms with Gasteiger partial charge in [0.25, 0.3) is 0 Å². The summed E-state index contributed by atoms with van der Waals surface area (Å²) in [6.07, 6.45) is 7.18. The predicted molar refractivity (Wildman–Crippen MR) is 79.6 cm³/mol. The summed E-state index contributed by atoms with van der Waals surface area (Å²) in [5, 5.41) is -1.85. The summed E-state index contributed by atoms with van der Waals surface area (Å²) < 4.78 is 22.1. The normalized spacial score (nSPS) is 12.8. The third kappa shape index (κ3) is 9.87. The molecule has 0 spiro atoms. The largest absolute Gasteiger partial charge is 0.340 e. The maximum absolute atomic E-state index is 11.0. The van der Waals surface area contributed by atoms with E-state index in [4.69, 9.17) is 19.6 Å². The molecule has 4 N–H and O–H groups in total. The molecule has 0 aliphatic rings. The Bertz CT molecular complexity index is 369. The van der Waals surface area contributed by atoms with Crippen molar-refractivity contribution < 1.29 is 28.7 Å². The highest BCUT2D eigenvalue weighted by Gasteiger charge is 2.42. The molecule has 0 fully saturated rings. The van der Waals surface area contributed by atoms with Gasteiger partial charge in [-0.1, -0.05) is 37.3 Å². The highest BCUT2D eigenvalue weighted by Crippen LogP contribution is 2.61. The van der Waals surface area contributed by atoms with Gasteiger partial charge in [0, 0.05) is 0 Å². The van der Waals surface area contributed by atoms with E-state index in [0.717, 1.165) is 32.1 Å². The van der Waals surface area contributed by atoms with E-state index in [-0.39, 0.29) is 6.42 Å². The van der Waals surface area contributed by atoms with Gasteiger partial charge >= 0.3 is 15.2 Å². The van der Waals surface area contributed by atoms with Crippen molar-refractivity contribution in [1.29, 1.82) is 0 Å². The molecule has 0 radical (unpaired) electrons. The zero-order valence-corrected chi connectivity index (χ0v) is 13.9. The lowest BCUT2D eigenvalue weighted by Crippen LogP contribution is -2.09. The van der Waals surface area contributed by atoms with E-state index >= 15 is 0 Å². The SMILES string of the molecule is CC(C)=CCCCCCCCC(P(=O)(O)O)P(=O)(O)O. The molecule has 0 aromatic heterocycles. The maximum atomic E-state index is 11.0. The third-order valence-electron chi connectivity index (χ3n) is 3.00. The molecule has 8 heteroatoms. The van der Waals surface area contributed by atoms with Crippen LogP contribution in [0.2, 0.25) is 0 Å². The van der Waals surface area contributed by atoms with Gasteiger partial charge in [-0.25, -0.2) is 0 Å². The zero-order valence-electron chi connectivity index (χ0n) is 12.1. The predicted octanol–water partition coefficient (Wildman–Crippen LogP) is 3.36. The lowest BCUT2D eigenvalue weighted by atomic mass is 10.1. The molecule has 20 heavy (non-hydrogen) atoms. The average molecular weight is 328 g/mol. The number of hydrogen-bond donors (Lipinski definition) is 4. The molecule has 0 aromatic rings. The molecule has 0 bridgehead atoms. The Balaban J connectivity index is 3.90. The lowest BCUT2D eigenvalue weighted by molar-refractivity contribution is 0.333. The van der Waals surface area contributed by atoms with Crippen molar-refractivity contribution in [3.8, 4) is 0 Å². The van der Waals surface area contributed by atoms with E-state index in [9.17, 15) is 9.13 Å². The highest BCUT2D eigenvalue weighted by atomic mass is 31.2. The molecule has 0 aliphatic heterocycles. The van der Waals surface area contributed by atoms with Gasteiger partial charge in [0.15, 0.2) is 5.40 Å². The van der Waals surface area contributed by atoms with Gasteiger partial charge in [0.1, 0.15) is 0 Å². The fourth-order valence-electron chi connectivity index (χ4n) is 1.92. The minimum atomic E-state index is -4.75. The van der Waals surface area contributed by atoms with Crippen molar-refractivity contribution >= 4 is 15.2 Å². The Labute approximate surface area is 120 Å². The molecule has 120 valence electrons. The number of rotatable bonds is 10. The van der Waals surface area contributed by atoms with Crippen LogP contribution in [0.25, 0.3) is 0 Å². The van der Waals surface area contributed by atoms with Crippen LogP contribution in [0, 0.1) is 0 Å². The molecule has 0 amide bonds. The van der Waals surface area contributed by atoms with E-state index in [1.807, 2.05) is 13.8 Å². The summed E-state index contributed by atoms with van der Waals surface area (Å²) in [6.45, 7) is 4.09. The van der Waals surface area contributed by atoms with Gasteiger partial charge in [-0.3, -0.25) is 9.13 Å². The van der Waals surface area contributed by atoms with Gasteiger partial charge in [-0.15, -0.1) is 0 Å². The lowest BCUT2D eigenvalue weighted by Gasteiger charge is -2.19. The van der Waals surface area contributed by atoms with Crippen LogP contribution < -0.4 is 0 Å². The molecule has 0 atom stereocenters. The average Bonchev–Trinajstić information content (AvgIpc) is 2.22. The first-order valence-electron chi connectivity index (χ1n) is 6.79. The van der Waals surface area contributed by atoms with Crippen molar-refractivity contribution in [3.05, 3.63) is 11.6 Å². The van der Waals surface area contributed by atoms with Crippen LogP contribution in [0.5, 0.6) is 0 Å². The van der Waals surface area contributed by atoms with Crippen LogP contribution in [-0.2, 0) is 9.13 Å². The molecule has 0 aliphatic carbocycles. The number of allylic oxidation sites excluding steroid dienone is 2. The molecular formula is C12H26O6P2. The summed E-state index contributed by atoms with van der Waals surface area (Å²) in [6, 6.07) is 0. The van der Waals surface area contributed by atoms with Crippen molar-refractivity contribution in [1.82, 2.24) is 0 Å². The van der Waals surface area contributed by atoms with E-state index in [2.05, 4.69) is 6.08 Å². The summed E-state index contributed by atoms with van der Waals surface area (Å²) in [7, 11) is -9.49. The summed E-state index contributed by atoms with van der Waals surface area (Å²) in [5.74, 6) is 0. The minimum absolute atomic E-state index is 0.136. The van der Waals surface area contributed by atoms with Gasteiger partial charge in [-0.05, 0) is 33.1 Å². The van der Waals surface area contributed by atoms with Crippen LogP contribution in [-0.4, -0.2) is 25.0 Å². The van der Waals surface area contributed by atoms with Gasteiger partial charge < -0.3 is 19.6 Å². The Morgan fingerprint density at radius 1 is 0.900 bits per heavy atom. The van der Waals surface area contributed by atoms with Crippen LogP contribution in [0.4, 0.5) is 0 Å². The van der Waals surface area contributed by atoms with E-state index in [0.29, 0.717) is 6.42 Å². The van der Waals surface area contributed by atoms with Crippen molar-refractivity contribution in [2.24, 2.45) is 0 Å². The highest BCUT2D eigenvalue weighted by molar-refractivity contribution is 7.70. The smallest absolute Gasteiger partial charge is 0.324 e. The monoisotopic (exact) mass is 328 g/mol. The molecule has 0 saturated heterocycles. The standard InChI is InChI=1S/C12H26O6P2/c1-11(2)9-7-5-3-4-6-8-10-12(19(13,14)15)20(16,17)18/h9,12H,3-8,10H2,1-2H3,(H2,13,14,15)(H2,16,17,18). The first kappa shape index (κ1) is 20.0. The minimum Gasteiger partial charge on any atom is -0.324 e. The Hall–Kier alpha value is 0.0400. The second-order valence-electron chi connectivity index (χ2n) is 5.29. The fourth-order valence-corrected chi connectivity index (χ4v) is 4.53. The molecule has 0 aromatic carbocycles. The van der Waals surface area contributed by atoms with Crippen LogP contribution >= 0.6 is 15.2 Å². The van der Waals surface area contributed by atoms with E-state index < -0.39 is 20.6 Å². The quantitative estimate of drug-likeness (QED) is 0.278. The zero-order chi connectivity index (χ0) is 15.8. The molecule has 6 nitrogen and oxygen atoms in total. The summed E-state index contributed by atoms with van der Waals surface area (Å²) in [5.41, 5.74) is 1.29. The topological polar surface area (TPSA) is 115 Å². The Kier molecular flexibility index (Phi) is 9.16. The Morgan fingerprint density at radius 2 is 1.35 bits per heavy atom. The van der Waals surface area contributed by atoms with Crippen LogP contribution in [0.15, 0.2) is 11.6 Å². The second-order valence-corrected chi connectivity index (χ2v) is 9.30. The van der Waals surface area contributed by atoms with E-state index in [1.54, 1.807) is 0 Å². The maximum Gasteiger partial charge on any atom is 0.340 e. The van der Waals surface area contributed by atoms with Gasteiger partial charge in [0.2, 0.25) is 0 Å². The fraction of sp³-hybridized carbons (Fsp3) is 0.833. The van der Waals surface area contributed by atoms with Crippen molar-refractivity contribution in [2.45, 2.75) is 64.2 Å². The molecule has 0 heterocycles. The van der Waals surface area contributed by atoms with Crippen LogP contribution in [0.1, 0.15) is 58.8 Å². The molecule has 0 rings (SSSR count). The van der Waals surface area contributed by atoms with Crippen LogP contribution in [0.3, 0.4) is 0 Å².